The molecule has 4 rings (SSSR count). The van der Waals surface area contributed by atoms with Gasteiger partial charge in [0.25, 0.3) is 0 Å². The molecule has 1 aromatic carbocycles. The zero-order chi connectivity index (χ0) is 20.4. The summed E-state index contributed by atoms with van der Waals surface area (Å²) in [7, 11) is 1.45. The Kier molecular flexibility index (Phi) is 5.81. The van der Waals surface area contributed by atoms with Crippen molar-refractivity contribution in [1.82, 2.24) is 14.7 Å². The summed E-state index contributed by atoms with van der Waals surface area (Å²) in [6, 6.07) is 8.70. The summed E-state index contributed by atoms with van der Waals surface area (Å²) in [5.41, 5.74) is 2.88. The van der Waals surface area contributed by atoms with Crippen LogP contribution in [0.2, 0.25) is 0 Å². The first-order valence-electron chi connectivity index (χ1n) is 10.9. The molecule has 0 saturated carbocycles. The van der Waals surface area contributed by atoms with Gasteiger partial charge in [0.05, 0.1) is 7.11 Å². The number of amides is 2. The highest BCUT2D eigenvalue weighted by Gasteiger charge is 2.42. The van der Waals surface area contributed by atoms with Gasteiger partial charge in [-0.05, 0) is 55.8 Å². The van der Waals surface area contributed by atoms with E-state index in [9.17, 15) is 9.59 Å². The van der Waals surface area contributed by atoms with Gasteiger partial charge in [0.1, 0.15) is 0 Å². The third-order valence-electron chi connectivity index (χ3n) is 7.27. The van der Waals surface area contributed by atoms with Crippen molar-refractivity contribution >= 4 is 12.0 Å². The van der Waals surface area contributed by atoms with Crippen LogP contribution in [0.5, 0.6) is 0 Å². The Morgan fingerprint density at radius 3 is 2.41 bits per heavy atom. The van der Waals surface area contributed by atoms with E-state index in [1.165, 1.54) is 18.2 Å². The highest BCUT2D eigenvalue weighted by atomic mass is 16.5. The molecule has 2 fully saturated rings. The van der Waals surface area contributed by atoms with Crippen molar-refractivity contribution in [2.24, 2.45) is 5.92 Å². The highest BCUT2D eigenvalue weighted by Crippen LogP contribution is 2.42. The predicted octanol–water partition coefficient (Wildman–Crippen LogP) is 2.86. The van der Waals surface area contributed by atoms with E-state index < -0.39 is 0 Å². The number of carbonyl (C=O) groups excluding carboxylic acids is 2. The second-order valence-corrected chi connectivity index (χ2v) is 9.01. The molecule has 29 heavy (non-hydrogen) atoms. The number of benzene rings is 1. The molecule has 0 unspecified atom stereocenters. The molecular weight excluding hydrogens is 366 g/mol. The Morgan fingerprint density at radius 2 is 1.76 bits per heavy atom. The molecular formula is C23H33N3O3. The molecule has 0 aromatic heterocycles. The van der Waals surface area contributed by atoms with Gasteiger partial charge in [0.2, 0.25) is 5.91 Å². The van der Waals surface area contributed by atoms with E-state index in [1.807, 2.05) is 9.80 Å². The molecule has 0 aliphatic carbocycles. The van der Waals surface area contributed by atoms with Crippen molar-refractivity contribution in [3.63, 3.8) is 0 Å². The zero-order valence-electron chi connectivity index (χ0n) is 17.7. The van der Waals surface area contributed by atoms with Crippen LogP contribution in [0.15, 0.2) is 24.3 Å². The minimum absolute atomic E-state index is 0.102. The smallest absolute Gasteiger partial charge is 0.409 e. The number of fused-ring (bicyclic) bond motifs is 2. The number of carbonyl (C=O) groups is 2. The molecule has 0 atom stereocenters. The molecule has 0 radical (unpaired) electrons. The van der Waals surface area contributed by atoms with Gasteiger partial charge in [-0.25, -0.2) is 4.79 Å². The Morgan fingerprint density at radius 1 is 1.07 bits per heavy atom. The number of methoxy groups -OCH3 is 1. The molecule has 1 spiro atoms. The molecule has 2 saturated heterocycles. The minimum atomic E-state index is -0.200. The van der Waals surface area contributed by atoms with Gasteiger partial charge < -0.3 is 19.4 Å². The average molecular weight is 400 g/mol. The molecule has 3 aliphatic heterocycles. The monoisotopic (exact) mass is 399 g/mol. The van der Waals surface area contributed by atoms with Crippen molar-refractivity contribution in [3.8, 4) is 0 Å². The maximum Gasteiger partial charge on any atom is 0.409 e. The number of hydrogen-bond acceptors (Lipinski definition) is 4. The van der Waals surface area contributed by atoms with Gasteiger partial charge >= 0.3 is 6.09 Å². The fourth-order valence-electron chi connectivity index (χ4n) is 5.49. The van der Waals surface area contributed by atoms with Crippen LogP contribution < -0.4 is 0 Å². The Hall–Kier alpha value is -2.08. The van der Waals surface area contributed by atoms with Crippen LogP contribution in [0, 0.1) is 5.92 Å². The summed E-state index contributed by atoms with van der Waals surface area (Å²) < 4.78 is 4.84. The van der Waals surface area contributed by atoms with Crippen LogP contribution in [-0.2, 0) is 21.5 Å². The standard InChI is InChI=1S/C23H33N3O3/c1-18(27)26-16-20-5-3-4-6-21(20)23(17-26)9-13-24(14-10-23)15-19-7-11-25(12-8-19)22(28)29-2/h3-6,19H,7-17H2,1-2H3. The lowest BCUT2D eigenvalue weighted by atomic mass is 9.68. The molecule has 1 aromatic rings. The van der Waals surface area contributed by atoms with Gasteiger partial charge in [-0.15, -0.1) is 0 Å². The topological polar surface area (TPSA) is 53.1 Å². The molecule has 6 nitrogen and oxygen atoms in total. The van der Waals surface area contributed by atoms with Gasteiger partial charge in [-0.2, -0.15) is 0 Å². The largest absolute Gasteiger partial charge is 0.453 e. The molecule has 0 bridgehead atoms. The van der Waals surface area contributed by atoms with E-state index in [-0.39, 0.29) is 17.4 Å². The maximum absolute atomic E-state index is 12.1. The quantitative estimate of drug-likeness (QED) is 0.767. The second kappa shape index (κ2) is 8.34. The van der Waals surface area contributed by atoms with Gasteiger partial charge in [0, 0.05) is 45.1 Å². The maximum atomic E-state index is 12.1. The Labute approximate surface area is 173 Å². The highest BCUT2D eigenvalue weighted by molar-refractivity contribution is 5.74. The number of nitrogens with zero attached hydrogens (tertiary/aromatic N) is 3. The second-order valence-electron chi connectivity index (χ2n) is 9.01. The van der Waals surface area contributed by atoms with Crippen molar-refractivity contribution in [2.45, 2.75) is 44.6 Å². The number of likely N-dealkylation sites (tertiary alicyclic amines) is 2. The summed E-state index contributed by atoms with van der Waals surface area (Å²) in [5, 5.41) is 0. The van der Waals surface area contributed by atoms with E-state index in [4.69, 9.17) is 4.74 Å². The van der Waals surface area contributed by atoms with Gasteiger partial charge in [-0.3, -0.25) is 4.79 Å². The van der Waals surface area contributed by atoms with E-state index in [0.717, 1.165) is 71.5 Å². The minimum Gasteiger partial charge on any atom is -0.453 e. The fraction of sp³-hybridized carbons (Fsp3) is 0.652. The van der Waals surface area contributed by atoms with E-state index in [1.54, 1.807) is 6.92 Å². The van der Waals surface area contributed by atoms with Crippen molar-refractivity contribution in [1.29, 1.82) is 0 Å². The number of hydrogen-bond donors (Lipinski definition) is 0. The summed E-state index contributed by atoms with van der Waals surface area (Å²) in [6.07, 6.45) is 4.12. The summed E-state index contributed by atoms with van der Waals surface area (Å²) in [4.78, 5) is 30.3. The fourth-order valence-corrected chi connectivity index (χ4v) is 5.49. The number of ether oxygens (including phenoxy) is 1. The van der Waals surface area contributed by atoms with Crippen LogP contribution in [0.1, 0.15) is 43.7 Å². The molecule has 2 amide bonds. The first-order valence-corrected chi connectivity index (χ1v) is 10.9. The zero-order valence-corrected chi connectivity index (χ0v) is 17.7. The van der Waals surface area contributed by atoms with Crippen molar-refractivity contribution in [3.05, 3.63) is 35.4 Å². The first-order chi connectivity index (χ1) is 14.0. The Balaban J connectivity index is 1.37. The van der Waals surface area contributed by atoms with Crippen LogP contribution in [-0.4, -0.2) is 73.1 Å². The van der Waals surface area contributed by atoms with Gasteiger partial charge in [0.15, 0.2) is 0 Å². The third kappa shape index (κ3) is 4.13. The van der Waals surface area contributed by atoms with E-state index in [0.29, 0.717) is 5.92 Å². The van der Waals surface area contributed by atoms with Crippen LogP contribution in [0.25, 0.3) is 0 Å². The predicted molar refractivity (Wildman–Crippen MR) is 112 cm³/mol. The molecule has 3 heterocycles. The van der Waals surface area contributed by atoms with Crippen LogP contribution >= 0.6 is 0 Å². The third-order valence-corrected chi connectivity index (χ3v) is 7.27. The summed E-state index contributed by atoms with van der Waals surface area (Å²) in [5.74, 6) is 0.830. The normalized spacial score (nSPS) is 22.4. The molecule has 3 aliphatic rings. The Bertz CT molecular complexity index is 749. The first kappa shape index (κ1) is 20.2. The molecule has 158 valence electrons. The van der Waals surface area contributed by atoms with Gasteiger partial charge in [-0.1, -0.05) is 24.3 Å². The van der Waals surface area contributed by atoms with Crippen molar-refractivity contribution < 1.29 is 14.3 Å². The lowest BCUT2D eigenvalue weighted by molar-refractivity contribution is -0.131. The lowest BCUT2D eigenvalue weighted by Gasteiger charge is -2.49. The molecule has 6 heteroatoms. The summed E-state index contributed by atoms with van der Waals surface area (Å²) in [6.45, 7) is 8.17. The van der Waals surface area contributed by atoms with Crippen LogP contribution in [0.3, 0.4) is 0 Å². The van der Waals surface area contributed by atoms with E-state index in [2.05, 4.69) is 29.2 Å². The summed E-state index contributed by atoms with van der Waals surface area (Å²) >= 11 is 0. The van der Waals surface area contributed by atoms with Crippen LogP contribution in [0.4, 0.5) is 4.79 Å². The van der Waals surface area contributed by atoms with Crippen molar-refractivity contribution in [2.75, 3.05) is 46.4 Å². The lowest BCUT2D eigenvalue weighted by Crippen LogP contribution is -2.53. The number of piperidine rings is 2. The van der Waals surface area contributed by atoms with E-state index >= 15 is 0 Å². The average Bonchev–Trinajstić information content (AvgIpc) is 2.75. The number of rotatable bonds is 2. The SMILES string of the molecule is COC(=O)N1CCC(CN2CCC3(CC2)CN(C(C)=O)Cc2ccccc23)CC1. The molecule has 0 N–H and O–H groups in total.